The zero-order chi connectivity index (χ0) is 20.8. The average Bonchev–Trinajstić information content (AvgIpc) is 2.52. The Bertz CT molecular complexity index is 484. The van der Waals surface area contributed by atoms with E-state index in [-0.39, 0.29) is 57.4 Å². The SMILES string of the molecule is CC(=O)CN(CCOO)CCN(CCN(CC(C)=O)CC(=O)O)CC(=O)O. The molecule has 0 aromatic heterocycles. The Balaban J connectivity index is 4.77. The van der Waals surface area contributed by atoms with E-state index in [4.69, 9.17) is 15.5 Å². The van der Waals surface area contributed by atoms with Crippen LogP contribution in [-0.2, 0) is 24.1 Å². The fourth-order valence-corrected chi connectivity index (χ4v) is 2.50. The molecule has 0 aliphatic carbocycles. The molecule has 0 bridgehead atoms. The molecule has 0 aromatic rings. The van der Waals surface area contributed by atoms with Crippen molar-refractivity contribution in [2.45, 2.75) is 13.8 Å². The van der Waals surface area contributed by atoms with Crippen molar-refractivity contribution >= 4 is 23.5 Å². The molecule has 0 spiro atoms. The molecule has 0 atom stereocenters. The molecule has 27 heavy (non-hydrogen) atoms. The van der Waals surface area contributed by atoms with E-state index >= 15 is 0 Å². The molecular weight excluding hydrogens is 362 g/mol. The maximum Gasteiger partial charge on any atom is 0.317 e. The van der Waals surface area contributed by atoms with Crippen molar-refractivity contribution < 1.29 is 39.5 Å². The summed E-state index contributed by atoms with van der Waals surface area (Å²) in [5.74, 6) is -2.37. The smallest absolute Gasteiger partial charge is 0.317 e. The van der Waals surface area contributed by atoms with Crippen LogP contribution in [0.5, 0.6) is 0 Å². The van der Waals surface area contributed by atoms with Crippen LogP contribution >= 0.6 is 0 Å². The summed E-state index contributed by atoms with van der Waals surface area (Å²) in [6.07, 6.45) is 0. The molecule has 0 unspecified atom stereocenters. The highest BCUT2D eigenvalue weighted by molar-refractivity contribution is 5.78. The summed E-state index contributed by atoms with van der Waals surface area (Å²) in [4.78, 5) is 53.3. The van der Waals surface area contributed by atoms with E-state index in [2.05, 4.69) is 4.89 Å². The van der Waals surface area contributed by atoms with Gasteiger partial charge in [-0.1, -0.05) is 0 Å². The second-order valence-electron chi connectivity index (χ2n) is 6.29. The van der Waals surface area contributed by atoms with E-state index in [0.29, 0.717) is 19.6 Å². The first-order chi connectivity index (χ1) is 12.6. The van der Waals surface area contributed by atoms with Crippen LogP contribution < -0.4 is 0 Å². The van der Waals surface area contributed by atoms with Crippen molar-refractivity contribution in [1.29, 1.82) is 0 Å². The van der Waals surface area contributed by atoms with Crippen molar-refractivity contribution in [3.05, 3.63) is 0 Å². The summed E-state index contributed by atoms with van der Waals surface area (Å²) in [5, 5.41) is 26.4. The van der Waals surface area contributed by atoms with Gasteiger partial charge in [0, 0.05) is 32.7 Å². The molecular formula is C16H29N3O8. The van der Waals surface area contributed by atoms with Crippen LogP contribution in [0.1, 0.15) is 13.8 Å². The van der Waals surface area contributed by atoms with E-state index in [1.165, 1.54) is 18.7 Å². The van der Waals surface area contributed by atoms with Crippen molar-refractivity contribution in [2.24, 2.45) is 0 Å². The van der Waals surface area contributed by atoms with Crippen LogP contribution in [-0.4, -0.2) is 119 Å². The average molecular weight is 391 g/mol. The molecule has 0 heterocycles. The molecule has 0 amide bonds. The van der Waals surface area contributed by atoms with Gasteiger partial charge in [0.1, 0.15) is 11.6 Å². The molecule has 0 radical (unpaired) electrons. The predicted molar refractivity (Wildman–Crippen MR) is 94.5 cm³/mol. The Hall–Kier alpha value is -1.92. The third-order valence-electron chi connectivity index (χ3n) is 3.57. The van der Waals surface area contributed by atoms with Gasteiger partial charge >= 0.3 is 11.9 Å². The van der Waals surface area contributed by atoms with Crippen molar-refractivity contribution in [1.82, 2.24) is 14.7 Å². The highest BCUT2D eigenvalue weighted by atomic mass is 17.1. The topological polar surface area (TPSA) is 148 Å². The van der Waals surface area contributed by atoms with Crippen molar-refractivity contribution in [3.8, 4) is 0 Å². The fourth-order valence-electron chi connectivity index (χ4n) is 2.50. The molecule has 0 saturated heterocycles. The lowest BCUT2D eigenvalue weighted by Crippen LogP contribution is -2.44. The molecule has 0 fully saturated rings. The lowest BCUT2D eigenvalue weighted by atomic mass is 10.3. The minimum absolute atomic E-state index is 0.0111. The normalized spacial score (nSPS) is 11.3. The lowest BCUT2D eigenvalue weighted by Gasteiger charge is -2.28. The summed E-state index contributed by atoms with van der Waals surface area (Å²) >= 11 is 0. The Labute approximate surface area is 158 Å². The van der Waals surface area contributed by atoms with E-state index in [1.807, 2.05) is 0 Å². The monoisotopic (exact) mass is 391 g/mol. The number of carbonyl (C=O) groups is 4. The number of carboxylic acid groups (broad SMARTS) is 2. The number of ketones is 2. The molecule has 11 nitrogen and oxygen atoms in total. The zero-order valence-corrected chi connectivity index (χ0v) is 15.8. The maximum absolute atomic E-state index is 11.3. The van der Waals surface area contributed by atoms with Gasteiger partial charge < -0.3 is 10.2 Å². The number of carbonyl (C=O) groups excluding carboxylic acids is 2. The fraction of sp³-hybridized carbons (Fsp3) is 0.750. The Morgan fingerprint density at radius 3 is 1.44 bits per heavy atom. The molecule has 156 valence electrons. The molecule has 0 aromatic carbocycles. The van der Waals surface area contributed by atoms with Crippen LogP contribution in [0, 0.1) is 0 Å². The van der Waals surface area contributed by atoms with Gasteiger partial charge in [-0.2, -0.15) is 0 Å². The molecule has 3 N–H and O–H groups in total. The first kappa shape index (κ1) is 25.1. The number of hydrogen-bond donors (Lipinski definition) is 3. The van der Waals surface area contributed by atoms with Crippen LogP contribution in [0.25, 0.3) is 0 Å². The number of aliphatic carboxylic acids is 2. The summed E-state index contributed by atoms with van der Waals surface area (Å²) < 4.78 is 0. The van der Waals surface area contributed by atoms with Crippen LogP contribution in [0.3, 0.4) is 0 Å². The van der Waals surface area contributed by atoms with Gasteiger partial charge in [-0.3, -0.25) is 39.1 Å². The van der Waals surface area contributed by atoms with Crippen LogP contribution in [0.4, 0.5) is 0 Å². The minimum atomic E-state index is -1.07. The number of hydrogen-bond acceptors (Lipinski definition) is 9. The molecule has 0 aliphatic rings. The highest BCUT2D eigenvalue weighted by Gasteiger charge is 2.17. The Kier molecular flexibility index (Phi) is 13.2. The van der Waals surface area contributed by atoms with E-state index < -0.39 is 11.9 Å². The third-order valence-corrected chi connectivity index (χ3v) is 3.57. The summed E-state index contributed by atoms with van der Waals surface area (Å²) in [6.45, 7) is 3.76. The summed E-state index contributed by atoms with van der Waals surface area (Å²) in [6, 6.07) is 0. The van der Waals surface area contributed by atoms with Gasteiger partial charge in [0.25, 0.3) is 0 Å². The lowest BCUT2D eigenvalue weighted by molar-refractivity contribution is -0.243. The third kappa shape index (κ3) is 14.9. The number of carboxylic acids is 2. The van der Waals surface area contributed by atoms with Gasteiger partial charge in [-0.25, -0.2) is 4.89 Å². The first-order valence-electron chi connectivity index (χ1n) is 8.50. The molecule has 11 heteroatoms. The van der Waals surface area contributed by atoms with Crippen molar-refractivity contribution in [3.63, 3.8) is 0 Å². The quantitative estimate of drug-likeness (QED) is 0.201. The molecule has 0 rings (SSSR count). The summed E-state index contributed by atoms with van der Waals surface area (Å²) in [5.41, 5.74) is 0. The van der Waals surface area contributed by atoms with Gasteiger partial charge in [0.05, 0.1) is 32.8 Å². The summed E-state index contributed by atoms with van der Waals surface area (Å²) in [7, 11) is 0. The van der Waals surface area contributed by atoms with Gasteiger partial charge in [-0.15, -0.1) is 0 Å². The van der Waals surface area contributed by atoms with E-state index in [9.17, 15) is 19.2 Å². The van der Waals surface area contributed by atoms with Crippen LogP contribution in [0.15, 0.2) is 0 Å². The standard InChI is InChI=1S/C16H29N3O8/c1-13(20)9-18(7-8-27-26)4-3-17(11-15(22)23)5-6-19(10-14(2)21)12-16(24)25/h26H,3-12H2,1-2H3,(H,22,23)(H,24,25). The number of nitrogens with zero attached hydrogens (tertiary/aromatic N) is 3. The molecule has 0 aliphatic heterocycles. The van der Waals surface area contributed by atoms with E-state index in [0.717, 1.165) is 0 Å². The van der Waals surface area contributed by atoms with Gasteiger partial charge in [-0.05, 0) is 13.8 Å². The maximum atomic E-state index is 11.3. The van der Waals surface area contributed by atoms with E-state index in [1.54, 1.807) is 9.80 Å². The Morgan fingerprint density at radius 2 is 1.04 bits per heavy atom. The molecule has 0 saturated carbocycles. The van der Waals surface area contributed by atoms with Gasteiger partial charge in [0.2, 0.25) is 0 Å². The van der Waals surface area contributed by atoms with Gasteiger partial charge in [0.15, 0.2) is 0 Å². The highest BCUT2D eigenvalue weighted by Crippen LogP contribution is 1.97. The number of Topliss-reactive ketones (excluding diaryl/α,β-unsaturated/α-hetero) is 2. The first-order valence-corrected chi connectivity index (χ1v) is 8.50. The largest absolute Gasteiger partial charge is 0.480 e. The second kappa shape index (κ2) is 14.2. The second-order valence-corrected chi connectivity index (χ2v) is 6.29. The zero-order valence-electron chi connectivity index (χ0n) is 15.8. The predicted octanol–water partition coefficient (Wildman–Crippen LogP) is -1.27. The van der Waals surface area contributed by atoms with Crippen LogP contribution in [0.2, 0.25) is 0 Å². The van der Waals surface area contributed by atoms with Crippen molar-refractivity contribution in [2.75, 3.05) is 65.5 Å². The number of rotatable bonds is 17. The minimum Gasteiger partial charge on any atom is -0.480 e. The Morgan fingerprint density at radius 1 is 0.667 bits per heavy atom.